The molecule has 2 atom stereocenters. The zero-order valence-corrected chi connectivity index (χ0v) is 9.61. The Morgan fingerprint density at radius 2 is 2.13 bits per heavy atom. The predicted molar refractivity (Wildman–Crippen MR) is 54.9 cm³/mol. The van der Waals surface area contributed by atoms with E-state index in [2.05, 4.69) is 0 Å². The van der Waals surface area contributed by atoms with E-state index in [-0.39, 0.29) is 30.5 Å². The van der Waals surface area contributed by atoms with Gasteiger partial charge in [-0.25, -0.2) is 8.42 Å². The summed E-state index contributed by atoms with van der Waals surface area (Å²) in [4.78, 5) is 0. The van der Waals surface area contributed by atoms with E-state index in [9.17, 15) is 8.42 Å². The average molecular weight is 235 g/mol. The maximum absolute atomic E-state index is 12.0. The molecule has 0 aromatic rings. The molecule has 0 aromatic carbocycles. The van der Waals surface area contributed by atoms with Gasteiger partial charge in [-0.15, -0.1) is 0 Å². The molecule has 88 valence electrons. The molecule has 2 fully saturated rings. The van der Waals surface area contributed by atoms with E-state index in [1.807, 2.05) is 6.92 Å². The van der Waals surface area contributed by atoms with Crippen molar-refractivity contribution < 1.29 is 18.3 Å². The standard InChI is InChI=1S/C9H17NO4S/c1-7-6-14-8(5-11)4-10(7)15(12,13)9-2-3-9/h7-9,11H,2-6H2,1H3. The van der Waals surface area contributed by atoms with Crippen LogP contribution in [0.5, 0.6) is 0 Å². The molecule has 1 heterocycles. The first-order valence-electron chi connectivity index (χ1n) is 5.29. The molecule has 15 heavy (non-hydrogen) atoms. The molecule has 0 amide bonds. The van der Waals surface area contributed by atoms with Crippen LogP contribution in [0.3, 0.4) is 0 Å². The zero-order chi connectivity index (χ0) is 11.1. The van der Waals surface area contributed by atoms with Crippen molar-refractivity contribution in [2.75, 3.05) is 19.8 Å². The third kappa shape index (κ3) is 2.18. The number of aliphatic hydroxyl groups excluding tert-OH is 1. The van der Waals surface area contributed by atoms with E-state index >= 15 is 0 Å². The minimum Gasteiger partial charge on any atom is -0.394 e. The molecule has 1 saturated heterocycles. The van der Waals surface area contributed by atoms with Gasteiger partial charge >= 0.3 is 0 Å². The van der Waals surface area contributed by atoms with Crippen molar-refractivity contribution in [1.29, 1.82) is 0 Å². The Morgan fingerprint density at radius 1 is 1.47 bits per heavy atom. The van der Waals surface area contributed by atoms with Crippen molar-refractivity contribution in [1.82, 2.24) is 4.31 Å². The molecule has 0 bridgehead atoms. The first-order valence-corrected chi connectivity index (χ1v) is 6.79. The van der Waals surface area contributed by atoms with Crippen LogP contribution in [0.15, 0.2) is 0 Å². The van der Waals surface area contributed by atoms with Crippen molar-refractivity contribution in [2.45, 2.75) is 37.2 Å². The van der Waals surface area contributed by atoms with Crippen molar-refractivity contribution >= 4 is 10.0 Å². The Bertz CT molecular complexity index is 325. The summed E-state index contributed by atoms with van der Waals surface area (Å²) in [6.07, 6.45) is 1.18. The largest absolute Gasteiger partial charge is 0.394 e. The van der Waals surface area contributed by atoms with E-state index in [1.54, 1.807) is 0 Å². The van der Waals surface area contributed by atoms with Crippen molar-refractivity contribution in [3.8, 4) is 0 Å². The highest BCUT2D eigenvalue weighted by molar-refractivity contribution is 7.90. The molecule has 5 nitrogen and oxygen atoms in total. The number of rotatable bonds is 3. The Kier molecular flexibility index (Phi) is 3.03. The minimum absolute atomic E-state index is 0.113. The summed E-state index contributed by atoms with van der Waals surface area (Å²) < 4.78 is 30.8. The average Bonchev–Trinajstić information content (AvgIpc) is 3.01. The normalized spacial score (nSPS) is 34.3. The lowest BCUT2D eigenvalue weighted by Gasteiger charge is -2.36. The van der Waals surface area contributed by atoms with E-state index in [4.69, 9.17) is 9.84 Å². The molecule has 1 aliphatic heterocycles. The van der Waals surface area contributed by atoms with Gasteiger partial charge in [0.1, 0.15) is 0 Å². The SMILES string of the molecule is CC1COC(CO)CN1S(=O)(=O)C1CC1. The second-order valence-electron chi connectivity index (χ2n) is 4.30. The summed E-state index contributed by atoms with van der Waals surface area (Å²) in [6.45, 7) is 2.38. The van der Waals surface area contributed by atoms with Crippen LogP contribution in [-0.2, 0) is 14.8 Å². The third-order valence-electron chi connectivity index (χ3n) is 2.92. The van der Waals surface area contributed by atoms with E-state index in [0.29, 0.717) is 6.61 Å². The second kappa shape index (κ2) is 4.01. The summed E-state index contributed by atoms with van der Waals surface area (Å²) in [6, 6.07) is -0.113. The van der Waals surface area contributed by atoms with Crippen LogP contribution >= 0.6 is 0 Å². The molecule has 2 rings (SSSR count). The van der Waals surface area contributed by atoms with Crippen molar-refractivity contribution in [3.05, 3.63) is 0 Å². The van der Waals surface area contributed by atoms with Crippen LogP contribution in [-0.4, -0.2) is 55.0 Å². The number of hydrogen-bond acceptors (Lipinski definition) is 4. The van der Waals surface area contributed by atoms with Gasteiger partial charge in [-0.05, 0) is 19.8 Å². The summed E-state index contributed by atoms with van der Waals surface area (Å²) >= 11 is 0. The number of nitrogens with zero attached hydrogens (tertiary/aromatic N) is 1. The van der Waals surface area contributed by atoms with Gasteiger partial charge in [-0.3, -0.25) is 0 Å². The topological polar surface area (TPSA) is 66.8 Å². The highest BCUT2D eigenvalue weighted by Crippen LogP contribution is 2.33. The second-order valence-corrected chi connectivity index (χ2v) is 6.47. The van der Waals surface area contributed by atoms with Gasteiger partial charge in [0.2, 0.25) is 10.0 Å². The summed E-state index contributed by atoms with van der Waals surface area (Å²) in [7, 11) is -3.14. The number of morpholine rings is 1. The fourth-order valence-corrected chi connectivity index (χ4v) is 3.87. The maximum atomic E-state index is 12.0. The highest BCUT2D eigenvalue weighted by atomic mass is 32.2. The number of ether oxygens (including phenoxy) is 1. The lowest BCUT2D eigenvalue weighted by Crippen LogP contribution is -2.52. The van der Waals surface area contributed by atoms with Crippen molar-refractivity contribution in [2.24, 2.45) is 0 Å². The van der Waals surface area contributed by atoms with Gasteiger partial charge in [0.25, 0.3) is 0 Å². The van der Waals surface area contributed by atoms with Gasteiger partial charge in [0.15, 0.2) is 0 Å². The first-order chi connectivity index (χ1) is 7.05. The molecule has 1 N–H and O–H groups in total. The smallest absolute Gasteiger partial charge is 0.217 e. The Balaban J connectivity index is 2.11. The van der Waals surface area contributed by atoms with Gasteiger partial charge < -0.3 is 9.84 Å². The van der Waals surface area contributed by atoms with E-state index in [1.165, 1.54) is 4.31 Å². The van der Waals surface area contributed by atoms with E-state index < -0.39 is 10.0 Å². The Morgan fingerprint density at radius 3 is 2.67 bits per heavy atom. The molecule has 6 heteroatoms. The van der Waals surface area contributed by atoms with Crippen LogP contribution in [0.4, 0.5) is 0 Å². The molecule has 0 spiro atoms. The predicted octanol–water partition coefficient (Wildman–Crippen LogP) is -0.440. The number of hydrogen-bond donors (Lipinski definition) is 1. The van der Waals surface area contributed by atoms with E-state index in [0.717, 1.165) is 12.8 Å². The number of aliphatic hydroxyl groups is 1. The van der Waals surface area contributed by atoms with Crippen LogP contribution in [0.2, 0.25) is 0 Å². The fraction of sp³-hybridized carbons (Fsp3) is 1.00. The summed E-state index contributed by atoms with van der Waals surface area (Å²) in [5.74, 6) is 0. The highest BCUT2D eigenvalue weighted by Gasteiger charge is 2.44. The minimum atomic E-state index is -3.14. The molecule has 1 aliphatic carbocycles. The Hall–Kier alpha value is -0.170. The Labute approximate surface area is 90.1 Å². The molecule has 1 saturated carbocycles. The fourth-order valence-electron chi connectivity index (χ4n) is 1.81. The summed E-state index contributed by atoms with van der Waals surface area (Å²) in [5.41, 5.74) is 0. The molecular formula is C9H17NO4S. The lowest BCUT2D eigenvalue weighted by molar-refractivity contribution is -0.0516. The monoisotopic (exact) mass is 235 g/mol. The third-order valence-corrected chi connectivity index (χ3v) is 5.40. The van der Waals surface area contributed by atoms with Crippen LogP contribution in [0.25, 0.3) is 0 Å². The van der Waals surface area contributed by atoms with Crippen LogP contribution in [0.1, 0.15) is 19.8 Å². The quantitative estimate of drug-likeness (QED) is 0.720. The van der Waals surface area contributed by atoms with Gasteiger partial charge in [-0.1, -0.05) is 0 Å². The van der Waals surface area contributed by atoms with Crippen LogP contribution < -0.4 is 0 Å². The molecular weight excluding hydrogens is 218 g/mol. The molecule has 0 aromatic heterocycles. The van der Waals surface area contributed by atoms with Crippen molar-refractivity contribution in [3.63, 3.8) is 0 Å². The molecule has 2 unspecified atom stereocenters. The lowest BCUT2D eigenvalue weighted by atomic mass is 10.2. The maximum Gasteiger partial charge on any atom is 0.217 e. The van der Waals surface area contributed by atoms with Gasteiger partial charge in [0.05, 0.1) is 24.6 Å². The zero-order valence-electron chi connectivity index (χ0n) is 8.80. The van der Waals surface area contributed by atoms with Gasteiger partial charge in [-0.2, -0.15) is 4.31 Å². The van der Waals surface area contributed by atoms with Gasteiger partial charge in [0, 0.05) is 12.6 Å². The first kappa shape index (κ1) is 11.3. The molecule has 0 radical (unpaired) electrons. The number of sulfonamides is 1. The summed E-state index contributed by atoms with van der Waals surface area (Å²) in [5, 5.41) is 8.79. The van der Waals surface area contributed by atoms with Crippen LogP contribution in [0, 0.1) is 0 Å². The molecule has 2 aliphatic rings.